The standard InChI is InChI=1S/C19H20ClFN4/c20-14-3-1-2-13(10-14)12-23-18-19(6-8-22-9-7-19)25-16-5-4-15(21)11-17(16)24-18/h1-5,10-11,22,25H,6-9,12H2,(H,23,24). The molecule has 0 aromatic heterocycles. The maximum absolute atomic E-state index is 13.6. The van der Waals surface area contributed by atoms with Crippen LogP contribution in [0.3, 0.4) is 0 Å². The fourth-order valence-corrected chi connectivity index (χ4v) is 3.72. The van der Waals surface area contributed by atoms with Crippen molar-refractivity contribution in [2.45, 2.75) is 24.9 Å². The highest BCUT2D eigenvalue weighted by Gasteiger charge is 2.40. The second-order valence-corrected chi connectivity index (χ2v) is 7.00. The van der Waals surface area contributed by atoms with Crippen molar-refractivity contribution in [1.29, 1.82) is 0 Å². The minimum atomic E-state index is -0.261. The normalized spacial score (nSPS) is 20.0. The second-order valence-electron chi connectivity index (χ2n) is 6.57. The zero-order valence-corrected chi connectivity index (χ0v) is 14.5. The summed E-state index contributed by atoms with van der Waals surface area (Å²) in [5.74, 6) is 0.607. The quantitative estimate of drug-likeness (QED) is 0.759. The predicted molar refractivity (Wildman–Crippen MR) is 101 cm³/mol. The summed E-state index contributed by atoms with van der Waals surface area (Å²) in [6, 6.07) is 12.5. The van der Waals surface area contributed by atoms with Gasteiger partial charge in [-0.3, -0.25) is 4.99 Å². The topological polar surface area (TPSA) is 48.5 Å². The Bertz CT molecular complexity index is 815. The maximum atomic E-state index is 13.6. The van der Waals surface area contributed by atoms with E-state index in [4.69, 9.17) is 16.6 Å². The Morgan fingerprint density at radius 1 is 1.08 bits per heavy atom. The highest BCUT2D eigenvalue weighted by Crippen LogP contribution is 2.36. The summed E-state index contributed by atoms with van der Waals surface area (Å²) >= 11 is 6.07. The Labute approximate surface area is 151 Å². The molecule has 1 spiro atoms. The van der Waals surface area contributed by atoms with Gasteiger partial charge in [0, 0.05) is 5.02 Å². The van der Waals surface area contributed by atoms with Crippen LogP contribution in [0.4, 0.5) is 15.8 Å². The molecule has 0 bridgehead atoms. The van der Waals surface area contributed by atoms with Gasteiger partial charge in [0.1, 0.15) is 11.7 Å². The van der Waals surface area contributed by atoms with Crippen molar-refractivity contribution in [3.05, 3.63) is 58.9 Å². The monoisotopic (exact) mass is 358 g/mol. The average Bonchev–Trinajstić information content (AvgIpc) is 2.61. The highest BCUT2D eigenvalue weighted by molar-refractivity contribution is 6.30. The molecular formula is C19H20ClFN4. The Balaban J connectivity index is 1.68. The van der Waals surface area contributed by atoms with Crippen molar-refractivity contribution in [2.75, 3.05) is 23.7 Å². The highest BCUT2D eigenvalue weighted by atomic mass is 35.5. The van der Waals surface area contributed by atoms with Crippen LogP contribution in [0.15, 0.2) is 47.5 Å². The van der Waals surface area contributed by atoms with Gasteiger partial charge < -0.3 is 16.0 Å². The molecule has 4 rings (SSSR count). The van der Waals surface area contributed by atoms with Gasteiger partial charge in [0.05, 0.1) is 23.5 Å². The number of aliphatic imine (C=N–C) groups is 1. The van der Waals surface area contributed by atoms with Crippen LogP contribution in [-0.4, -0.2) is 24.5 Å². The molecule has 6 heteroatoms. The third-order valence-corrected chi connectivity index (χ3v) is 5.06. The van der Waals surface area contributed by atoms with Crippen LogP contribution in [0.25, 0.3) is 0 Å². The molecule has 25 heavy (non-hydrogen) atoms. The molecular weight excluding hydrogens is 339 g/mol. The van der Waals surface area contributed by atoms with Gasteiger partial charge in [-0.25, -0.2) is 4.39 Å². The fourth-order valence-electron chi connectivity index (χ4n) is 3.50. The van der Waals surface area contributed by atoms with Crippen LogP contribution in [0, 0.1) is 5.82 Å². The van der Waals surface area contributed by atoms with Crippen LogP contribution >= 0.6 is 11.6 Å². The molecule has 2 aliphatic heterocycles. The van der Waals surface area contributed by atoms with Crippen molar-refractivity contribution in [3.8, 4) is 0 Å². The molecule has 1 saturated heterocycles. The first-order valence-electron chi connectivity index (χ1n) is 8.49. The number of hydrogen-bond acceptors (Lipinski definition) is 3. The van der Waals surface area contributed by atoms with Gasteiger partial charge >= 0.3 is 0 Å². The number of rotatable bonds is 2. The van der Waals surface area contributed by atoms with E-state index < -0.39 is 0 Å². The van der Waals surface area contributed by atoms with E-state index in [1.54, 1.807) is 6.07 Å². The van der Waals surface area contributed by atoms with Gasteiger partial charge in [0.25, 0.3) is 0 Å². The molecule has 0 aliphatic carbocycles. The number of hydrogen-bond donors (Lipinski definition) is 3. The summed E-state index contributed by atoms with van der Waals surface area (Å²) < 4.78 is 13.6. The number of nitrogens with one attached hydrogen (secondary N) is 3. The molecule has 0 unspecified atom stereocenters. The van der Waals surface area contributed by atoms with Crippen molar-refractivity contribution in [3.63, 3.8) is 0 Å². The van der Waals surface area contributed by atoms with Gasteiger partial charge in [0.15, 0.2) is 0 Å². The van der Waals surface area contributed by atoms with E-state index in [1.165, 1.54) is 12.1 Å². The summed E-state index contributed by atoms with van der Waals surface area (Å²) in [7, 11) is 0. The lowest BCUT2D eigenvalue weighted by molar-refractivity contribution is 0.419. The number of nitrogens with zero attached hydrogens (tertiary/aromatic N) is 1. The smallest absolute Gasteiger partial charge is 0.127 e. The number of amidine groups is 1. The SMILES string of the molecule is Fc1ccc2c(c1)NC(=NCc1cccc(Cl)c1)C1(CCNCC1)N2. The summed E-state index contributed by atoms with van der Waals surface area (Å²) in [6.07, 6.45) is 1.84. The average molecular weight is 359 g/mol. The summed E-state index contributed by atoms with van der Waals surface area (Å²) in [5, 5.41) is 11.1. The molecule has 4 nitrogen and oxygen atoms in total. The van der Waals surface area contributed by atoms with Crippen LogP contribution in [0.5, 0.6) is 0 Å². The van der Waals surface area contributed by atoms with Gasteiger partial charge in [-0.2, -0.15) is 0 Å². The Morgan fingerprint density at radius 3 is 2.72 bits per heavy atom. The first-order valence-corrected chi connectivity index (χ1v) is 8.87. The number of piperidine rings is 1. The van der Waals surface area contributed by atoms with Gasteiger partial charge in [-0.15, -0.1) is 0 Å². The van der Waals surface area contributed by atoms with Crippen LogP contribution in [0.2, 0.25) is 5.02 Å². The Morgan fingerprint density at radius 2 is 1.92 bits per heavy atom. The van der Waals surface area contributed by atoms with Crippen LogP contribution < -0.4 is 16.0 Å². The Hall–Kier alpha value is -2.11. The molecule has 130 valence electrons. The zero-order valence-electron chi connectivity index (χ0n) is 13.8. The lowest BCUT2D eigenvalue weighted by Gasteiger charge is -2.44. The number of halogens is 2. The van der Waals surface area contributed by atoms with Crippen molar-refractivity contribution >= 4 is 28.8 Å². The van der Waals surface area contributed by atoms with Gasteiger partial charge in [-0.05, 0) is 61.8 Å². The third kappa shape index (κ3) is 3.34. The molecule has 0 amide bonds. The molecule has 1 fully saturated rings. The van der Waals surface area contributed by atoms with E-state index in [2.05, 4.69) is 16.0 Å². The lowest BCUT2D eigenvalue weighted by Crippen LogP contribution is -2.57. The van der Waals surface area contributed by atoms with E-state index in [-0.39, 0.29) is 11.4 Å². The van der Waals surface area contributed by atoms with E-state index in [0.717, 1.165) is 48.7 Å². The van der Waals surface area contributed by atoms with Crippen LogP contribution in [0.1, 0.15) is 18.4 Å². The van der Waals surface area contributed by atoms with E-state index in [1.807, 2.05) is 24.3 Å². The zero-order chi connectivity index (χ0) is 17.3. The molecule has 0 atom stereocenters. The third-order valence-electron chi connectivity index (χ3n) is 4.83. The van der Waals surface area contributed by atoms with Crippen LogP contribution in [-0.2, 0) is 6.54 Å². The molecule has 0 saturated carbocycles. The molecule has 2 aromatic rings. The Kier molecular flexibility index (Phi) is 4.36. The van der Waals surface area contributed by atoms with E-state index in [0.29, 0.717) is 11.6 Å². The minimum Gasteiger partial charge on any atom is -0.371 e. The van der Waals surface area contributed by atoms with Gasteiger partial charge in [-0.1, -0.05) is 23.7 Å². The molecule has 2 heterocycles. The van der Waals surface area contributed by atoms with Gasteiger partial charge in [0.2, 0.25) is 0 Å². The summed E-state index contributed by atoms with van der Waals surface area (Å²) in [6.45, 7) is 2.37. The van der Waals surface area contributed by atoms with Crippen molar-refractivity contribution < 1.29 is 4.39 Å². The summed E-state index contributed by atoms with van der Waals surface area (Å²) in [4.78, 5) is 4.83. The number of fused-ring (bicyclic) bond motifs is 1. The van der Waals surface area contributed by atoms with Crippen molar-refractivity contribution in [2.24, 2.45) is 4.99 Å². The van der Waals surface area contributed by atoms with E-state index >= 15 is 0 Å². The minimum absolute atomic E-state index is 0.241. The number of benzene rings is 2. The molecule has 3 N–H and O–H groups in total. The molecule has 2 aliphatic rings. The molecule has 2 aromatic carbocycles. The number of anilines is 2. The molecule has 0 radical (unpaired) electrons. The second kappa shape index (κ2) is 6.65. The van der Waals surface area contributed by atoms with Crippen molar-refractivity contribution in [1.82, 2.24) is 5.32 Å². The first-order chi connectivity index (χ1) is 12.1. The summed E-state index contributed by atoms with van der Waals surface area (Å²) in [5.41, 5.74) is 2.46. The lowest BCUT2D eigenvalue weighted by atomic mass is 9.84. The maximum Gasteiger partial charge on any atom is 0.127 e. The largest absolute Gasteiger partial charge is 0.371 e. The first kappa shape index (κ1) is 16.4. The van der Waals surface area contributed by atoms with E-state index in [9.17, 15) is 4.39 Å². The predicted octanol–water partition coefficient (Wildman–Crippen LogP) is 4.04. The fraction of sp³-hybridized carbons (Fsp3) is 0.316.